The van der Waals surface area contributed by atoms with Gasteiger partial charge in [0.1, 0.15) is 0 Å². The number of aromatic nitrogens is 1. The van der Waals surface area contributed by atoms with Gasteiger partial charge in [0.25, 0.3) is 15.9 Å². The van der Waals surface area contributed by atoms with Gasteiger partial charge in [-0.15, -0.1) is 0 Å². The third-order valence-corrected chi connectivity index (χ3v) is 4.27. The summed E-state index contributed by atoms with van der Waals surface area (Å²) in [6.07, 6.45) is 1.17. The zero-order valence-corrected chi connectivity index (χ0v) is 13.5. The fourth-order valence-electron chi connectivity index (χ4n) is 1.84. The van der Waals surface area contributed by atoms with Crippen molar-refractivity contribution >= 4 is 27.5 Å². The molecule has 2 amide bonds. The van der Waals surface area contributed by atoms with E-state index >= 15 is 0 Å². The lowest BCUT2D eigenvalue weighted by molar-refractivity contribution is -0.114. The SMILES string of the molecule is CC(=O)Nc1cccc(S(=O)(=O)NC(=O)c2ccc(CO)nc2)c1. The van der Waals surface area contributed by atoms with Crippen LogP contribution < -0.4 is 10.0 Å². The first kappa shape index (κ1) is 17.6. The molecule has 0 aliphatic rings. The van der Waals surface area contributed by atoms with E-state index in [4.69, 9.17) is 5.11 Å². The summed E-state index contributed by atoms with van der Waals surface area (Å²) in [5.74, 6) is -1.19. The molecule has 0 fully saturated rings. The topological polar surface area (TPSA) is 125 Å². The second-order valence-corrected chi connectivity index (χ2v) is 6.52. The van der Waals surface area contributed by atoms with E-state index in [1.165, 1.54) is 49.5 Å². The van der Waals surface area contributed by atoms with Crippen LogP contribution in [0.1, 0.15) is 23.0 Å². The van der Waals surface area contributed by atoms with Crippen molar-refractivity contribution in [1.82, 2.24) is 9.71 Å². The summed E-state index contributed by atoms with van der Waals surface area (Å²) in [4.78, 5) is 26.7. The van der Waals surface area contributed by atoms with E-state index in [2.05, 4.69) is 10.3 Å². The molecule has 126 valence electrons. The number of pyridine rings is 1. The summed E-state index contributed by atoms with van der Waals surface area (Å²) in [6.45, 7) is 1.02. The number of nitrogens with zero attached hydrogens (tertiary/aromatic N) is 1. The number of anilines is 1. The van der Waals surface area contributed by atoms with Gasteiger partial charge in [0.2, 0.25) is 5.91 Å². The van der Waals surface area contributed by atoms with Gasteiger partial charge in [-0.05, 0) is 30.3 Å². The lowest BCUT2D eigenvalue weighted by atomic mass is 10.2. The molecule has 9 heteroatoms. The maximum atomic E-state index is 12.3. The molecule has 3 N–H and O–H groups in total. The number of nitrogens with one attached hydrogen (secondary N) is 2. The number of hydrogen-bond donors (Lipinski definition) is 3. The van der Waals surface area contributed by atoms with E-state index in [1.54, 1.807) is 0 Å². The smallest absolute Gasteiger partial charge is 0.266 e. The fourth-order valence-corrected chi connectivity index (χ4v) is 2.86. The van der Waals surface area contributed by atoms with E-state index in [9.17, 15) is 18.0 Å². The summed E-state index contributed by atoms with van der Waals surface area (Å²) < 4.78 is 26.5. The highest BCUT2D eigenvalue weighted by atomic mass is 32.2. The number of aliphatic hydroxyl groups is 1. The molecule has 0 unspecified atom stereocenters. The van der Waals surface area contributed by atoms with Gasteiger partial charge in [0.15, 0.2) is 0 Å². The Labute approximate surface area is 138 Å². The molecule has 0 atom stereocenters. The van der Waals surface area contributed by atoms with Crippen molar-refractivity contribution in [2.45, 2.75) is 18.4 Å². The van der Waals surface area contributed by atoms with Crippen molar-refractivity contribution < 1.29 is 23.1 Å². The van der Waals surface area contributed by atoms with Crippen molar-refractivity contribution in [3.05, 3.63) is 53.9 Å². The first-order chi connectivity index (χ1) is 11.3. The second kappa shape index (κ2) is 7.20. The summed E-state index contributed by atoms with van der Waals surface area (Å²) in [7, 11) is -4.11. The molecule has 24 heavy (non-hydrogen) atoms. The third kappa shape index (κ3) is 4.37. The van der Waals surface area contributed by atoms with E-state index in [0.717, 1.165) is 0 Å². The Morgan fingerprint density at radius 2 is 1.96 bits per heavy atom. The van der Waals surface area contributed by atoms with Crippen LogP contribution in [0.4, 0.5) is 5.69 Å². The van der Waals surface area contributed by atoms with Gasteiger partial charge in [0.05, 0.1) is 22.8 Å². The van der Waals surface area contributed by atoms with Crippen LogP contribution in [0, 0.1) is 0 Å². The van der Waals surface area contributed by atoms with E-state index in [-0.39, 0.29) is 23.0 Å². The molecule has 0 radical (unpaired) electrons. The number of rotatable bonds is 5. The highest BCUT2D eigenvalue weighted by Crippen LogP contribution is 2.16. The molecule has 0 aliphatic carbocycles. The van der Waals surface area contributed by atoms with Crippen LogP contribution >= 0.6 is 0 Å². The second-order valence-electron chi connectivity index (χ2n) is 4.84. The van der Waals surface area contributed by atoms with E-state index in [1.807, 2.05) is 4.72 Å². The average molecular weight is 349 g/mol. The maximum absolute atomic E-state index is 12.3. The summed E-state index contributed by atoms with van der Waals surface area (Å²) in [5.41, 5.74) is 0.693. The molecule has 0 aliphatic heterocycles. The minimum Gasteiger partial charge on any atom is -0.390 e. The number of hydrogen-bond acceptors (Lipinski definition) is 6. The molecule has 2 rings (SSSR count). The molecular formula is C15H15N3O5S. The molecule has 1 heterocycles. The molecular weight excluding hydrogens is 334 g/mol. The fraction of sp³-hybridized carbons (Fsp3) is 0.133. The minimum absolute atomic E-state index is 0.0359. The Kier molecular flexibility index (Phi) is 5.27. The van der Waals surface area contributed by atoms with Gasteiger partial charge in [-0.3, -0.25) is 14.6 Å². The van der Waals surface area contributed by atoms with Crippen molar-refractivity contribution in [2.75, 3.05) is 5.32 Å². The van der Waals surface area contributed by atoms with Crippen molar-refractivity contribution in [2.24, 2.45) is 0 Å². The number of carbonyl (C=O) groups is 2. The normalized spacial score (nSPS) is 10.9. The van der Waals surface area contributed by atoms with Gasteiger partial charge >= 0.3 is 0 Å². The van der Waals surface area contributed by atoms with Crippen LogP contribution in [0.25, 0.3) is 0 Å². The van der Waals surface area contributed by atoms with Gasteiger partial charge in [-0.2, -0.15) is 0 Å². The van der Waals surface area contributed by atoms with Gasteiger partial charge in [0, 0.05) is 18.8 Å². The summed E-state index contributed by atoms with van der Waals surface area (Å²) in [6, 6.07) is 8.29. The van der Waals surface area contributed by atoms with Crippen LogP contribution in [0.2, 0.25) is 0 Å². The van der Waals surface area contributed by atoms with Crippen molar-refractivity contribution in [3.63, 3.8) is 0 Å². The Balaban J connectivity index is 2.20. The molecule has 1 aromatic heterocycles. The highest BCUT2D eigenvalue weighted by molar-refractivity contribution is 7.90. The summed E-state index contributed by atoms with van der Waals surface area (Å²) in [5, 5.41) is 11.4. The lowest BCUT2D eigenvalue weighted by Crippen LogP contribution is -2.30. The summed E-state index contributed by atoms with van der Waals surface area (Å²) >= 11 is 0. The van der Waals surface area contributed by atoms with Crippen LogP contribution in [0.3, 0.4) is 0 Å². The first-order valence-corrected chi connectivity index (χ1v) is 8.31. The maximum Gasteiger partial charge on any atom is 0.266 e. The number of carbonyl (C=O) groups excluding carboxylic acids is 2. The van der Waals surface area contributed by atoms with E-state index < -0.39 is 15.9 Å². The Bertz CT molecular complexity index is 863. The average Bonchev–Trinajstić information content (AvgIpc) is 2.54. The number of benzene rings is 1. The van der Waals surface area contributed by atoms with Crippen LogP contribution in [0.15, 0.2) is 47.5 Å². The zero-order chi connectivity index (χ0) is 17.7. The van der Waals surface area contributed by atoms with Gasteiger partial charge in [-0.1, -0.05) is 6.07 Å². The first-order valence-electron chi connectivity index (χ1n) is 6.82. The Hall–Kier alpha value is -2.78. The van der Waals surface area contributed by atoms with Gasteiger partial charge in [-0.25, -0.2) is 13.1 Å². The monoisotopic (exact) mass is 349 g/mol. The minimum atomic E-state index is -4.11. The number of aliphatic hydroxyl groups excluding tert-OH is 1. The quantitative estimate of drug-likeness (QED) is 0.728. The Morgan fingerprint density at radius 3 is 2.54 bits per heavy atom. The number of sulfonamides is 1. The molecule has 0 saturated heterocycles. The van der Waals surface area contributed by atoms with Crippen LogP contribution in [-0.2, 0) is 21.4 Å². The zero-order valence-electron chi connectivity index (χ0n) is 12.7. The van der Waals surface area contributed by atoms with Crippen LogP contribution in [0.5, 0.6) is 0 Å². The standard InChI is InChI=1S/C15H15N3O5S/c1-10(20)17-12-3-2-4-14(7-12)24(22,23)18-15(21)11-5-6-13(9-19)16-8-11/h2-8,19H,9H2,1H3,(H,17,20)(H,18,21). The molecule has 1 aromatic carbocycles. The number of amides is 2. The lowest BCUT2D eigenvalue weighted by Gasteiger charge is -2.09. The van der Waals surface area contributed by atoms with E-state index in [0.29, 0.717) is 11.4 Å². The molecule has 2 aromatic rings. The third-order valence-electron chi connectivity index (χ3n) is 2.94. The largest absolute Gasteiger partial charge is 0.390 e. The molecule has 0 saturated carbocycles. The van der Waals surface area contributed by atoms with Gasteiger partial charge < -0.3 is 10.4 Å². The molecule has 8 nitrogen and oxygen atoms in total. The highest BCUT2D eigenvalue weighted by Gasteiger charge is 2.19. The predicted octanol–water partition coefficient (Wildman–Crippen LogP) is 0.651. The van der Waals surface area contributed by atoms with Crippen molar-refractivity contribution in [1.29, 1.82) is 0 Å². The Morgan fingerprint density at radius 1 is 1.21 bits per heavy atom. The van der Waals surface area contributed by atoms with Crippen molar-refractivity contribution in [3.8, 4) is 0 Å². The molecule has 0 bridgehead atoms. The van der Waals surface area contributed by atoms with Crippen LogP contribution in [-0.4, -0.2) is 30.3 Å². The molecule has 0 spiro atoms. The predicted molar refractivity (Wildman–Crippen MR) is 85.6 cm³/mol.